The number of pyridine rings is 1. The Labute approximate surface area is 114 Å². The maximum absolute atomic E-state index is 5.66. The zero-order chi connectivity index (χ0) is 12.3. The molecule has 0 aliphatic heterocycles. The predicted molar refractivity (Wildman–Crippen MR) is 74.8 cm³/mol. The summed E-state index contributed by atoms with van der Waals surface area (Å²) in [6.45, 7) is 1.99. The van der Waals surface area contributed by atoms with Gasteiger partial charge in [-0.3, -0.25) is 0 Å². The minimum atomic E-state index is 0.586. The average Bonchev–Trinajstić information content (AvgIpc) is 2.32. The fourth-order valence-electron chi connectivity index (χ4n) is 1.43. The van der Waals surface area contributed by atoms with Crippen molar-refractivity contribution in [1.29, 1.82) is 0 Å². The Bertz CT molecular complexity index is 529. The molecule has 88 valence electrons. The van der Waals surface area contributed by atoms with Gasteiger partial charge in [0.1, 0.15) is 11.5 Å². The first-order valence-electron chi connectivity index (χ1n) is 5.13. The SMILES string of the molecule is COc1cc(Oc2cc(I)ccn2)ccc1C. The van der Waals surface area contributed by atoms with Crippen LogP contribution in [-0.4, -0.2) is 12.1 Å². The van der Waals surface area contributed by atoms with E-state index in [-0.39, 0.29) is 0 Å². The van der Waals surface area contributed by atoms with E-state index in [0.29, 0.717) is 5.88 Å². The van der Waals surface area contributed by atoms with Crippen LogP contribution in [0.2, 0.25) is 0 Å². The number of aryl methyl sites for hydroxylation is 1. The molecule has 3 nitrogen and oxygen atoms in total. The van der Waals surface area contributed by atoms with Gasteiger partial charge in [0.15, 0.2) is 0 Å². The summed E-state index contributed by atoms with van der Waals surface area (Å²) in [6.07, 6.45) is 1.72. The van der Waals surface area contributed by atoms with E-state index < -0.39 is 0 Å². The summed E-state index contributed by atoms with van der Waals surface area (Å²) in [6, 6.07) is 9.52. The predicted octanol–water partition coefficient (Wildman–Crippen LogP) is 3.80. The third-order valence-corrected chi connectivity index (χ3v) is 2.97. The van der Waals surface area contributed by atoms with E-state index in [9.17, 15) is 0 Å². The number of aromatic nitrogens is 1. The van der Waals surface area contributed by atoms with Crippen molar-refractivity contribution in [2.75, 3.05) is 7.11 Å². The summed E-state index contributed by atoms with van der Waals surface area (Å²) >= 11 is 2.22. The summed E-state index contributed by atoms with van der Waals surface area (Å²) in [4.78, 5) is 4.14. The van der Waals surface area contributed by atoms with E-state index in [1.807, 2.05) is 37.3 Å². The van der Waals surface area contributed by atoms with Crippen LogP contribution in [-0.2, 0) is 0 Å². The van der Waals surface area contributed by atoms with Gasteiger partial charge in [-0.1, -0.05) is 6.07 Å². The third kappa shape index (κ3) is 3.09. The highest BCUT2D eigenvalue weighted by Crippen LogP contribution is 2.27. The van der Waals surface area contributed by atoms with Gasteiger partial charge in [0.2, 0.25) is 5.88 Å². The van der Waals surface area contributed by atoms with Crippen molar-refractivity contribution >= 4 is 22.6 Å². The first-order valence-corrected chi connectivity index (χ1v) is 6.21. The maximum atomic E-state index is 5.66. The van der Waals surface area contributed by atoms with Crippen molar-refractivity contribution in [3.8, 4) is 17.4 Å². The van der Waals surface area contributed by atoms with E-state index in [4.69, 9.17) is 9.47 Å². The van der Waals surface area contributed by atoms with Gasteiger partial charge in [0.25, 0.3) is 0 Å². The van der Waals surface area contributed by atoms with Crippen LogP contribution in [0.15, 0.2) is 36.5 Å². The highest BCUT2D eigenvalue weighted by atomic mass is 127. The standard InChI is InChI=1S/C13H12INO2/c1-9-3-4-11(8-12(9)16-2)17-13-7-10(14)5-6-15-13/h3-8H,1-2H3. The number of ether oxygens (including phenoxy) is 2. The molecule has 1 aromatic heterocycles. The summed E-state index contributed by atoms with van der Waals surface area (Å²) in [5.74, 6) is 2.12. The highest BCUT2D eigenvalue weighted by Gasteiger charge is 2.03. The maximum Gasteiger partial charge on any atom is 0.220 e. The molecule has 0 amide bonds. The van der Waals surface area contributed by atoms with Gasteiger partial charge in [-0.05, 0) is 47.2 Å². The molecule has 4 heteroatoms. The number of hydrogen-bond acceptors (Lipinski definition) is 3. The van der Waals surface area contributed by atoms with Crippen molar-refractivity contribution in [3.05, 3.63) is 45.7 Å². The number of rotatable bonds is 3. The zero-order valence-electron chi connectivity index (χ0n) is 9.61. The lowest BCUT2D eigenvalue weighted by Crippen LogP contribution is -1.91. The summed E-state index contributed by atoms with van der Waals surface area (Å²) in [5, 5.41) is 0. The monoisotopic (exact) mass is 341 g/mol. The summed E-state index contributed by atoms with van der Waals surface area (Å²) in [7, 11) is 1.65. The lowest BCUT2D eigenvalue weighted by atomic mass is 10.2. The molecule has 0 N–H and O–H groups in total. The molecule has 0 aliphatic carbocycles. The number of nitrogens with zero attached hydrogens (tertiary/aromatic N) is 1. The Morgan fingerprint density at radius 3 is 2.71 bits per heavy atom. The highest BCUT2D eigenvalue weighted by molar-refractivity contribution is 14.1. The Morgan fingerprint density at radius 1 is 1.18 bits per heavy atom. The van der Waals surface area contributed by atoms with Gasteiger partial charge in [-0.25, -0.2) is 4.98 Å². The van der Waals surface area contributed by atoms with E-state index >= 15 is 0 Å². The van der Waals surface area contributed by atoms with Crippen molar-refractivity contribution in [3.63, 3.8) is 0 Å². The fraction of sp³-hybridized carbons (Fsp3) is 0.154. The molecule has 0 fully saturated rings. The number of hydrogen-bond donors (Lipinski definition) is 0. The van der Waals surface area contributed by atoms with Crippen LogP contribution in [0.1, 0.15) is 5.56 Å². The molecule has 1 aromatic carbocycles. The molecule has 0 radical (unpaired) electrons. The molecule has 0 aliphatic rings. The second-order valence-electron chi connectivity index (χ2n) is 3.55. The van der Waals surface area contributed by atoms with E-state index in [2.05, 4.69) is 27.6 Å². The average molecular weight is 341 g/mol. The summed E-state index contributed by atoms with van der Waals surface area (Å²) in [5.41, 5.74) is 1.08. The van der Waals surface area contributed by atoms with Gasteiger partial charge in [-0.15, -0.1) is 0 Å². The molecule has 0 saturated heterocycles. The second kappa shape index (κ2) is 5.35. The molecule has 0 saturated carbocycles. The van der Waals surface area contributed by atoms with Gasteiger partial charge in [-0.2, -0.15) is 0 Å². The van der Waals surface area contributed by atoms with Crippen LogP contribution in [0.25, 0.3) is 0 Å². The van der Waals surface area contributed by atoms with Crippen molar-refractivity contribution < 1.29 is 9.47 Å². The van der Waals surface area contributed by atoms with Crippen LogP contribution >= 0.6 is 22.6 Å². The van der Waals surface area contributed by atoms with Crippen molar-refractivity contribution in [2.45, 2.75) is 6.92 Å². The normalized spacial score (nSPS) is 10.1. The van der Waals surface area contributed by atoms with Crippen LogP contribution in [0.4, 0.5) is 0 Å². The Balaban J connectivity index is 2.24. The van der Waals surface area contributed by atoms with Gasteiger partial charge < -0.3 is 9.47 Å². The molecule has 0 unspecified atom stereocenters. The van der Waals surface area contributed by atoms with Crippen LogP contribution in [0.5, 0.6) is 17.4 Å². The zero-order valence-corrected chi connectivity index (χ0v) is 11.8. The minimum Gasteiger partial charge on any atom is -0.496 e. The fourth-order valence-corrected chi connectivity index (χ4v) is 1.85. The Morgan fingerprint density at radius 2 is 2.00 bits per heavy atom. The topological polar surface area (TPSA) is 31.4 Å². The molecule has 2 rings (SSSR count). The second-order valence-corrected chi connectivity index (χ2v) is 4.79. The summed E-state index contributed by atoms with van der Waals surface area (Å²) < 4.78 is 12.0. The van der Waals surface area contributed by atoms with E-state index in [0.717, 1.165) is 20.6 Å². The molecule has 1 heterocycles. The van der Waals surface area contributed by atoms with Gasteiger partial charge in [0, 0.05) is 21.9 Å². The molecule has 2 aromatic rings. The molecular formula is C13H12INO2. The number of halogens is 1. The van der Waals surface area contributed by atoms with Gasteiger partial charge >= 0.3 is 0 Å². The quantitative estimate of drug-likeness (QED) is 0.796. The lowest BCUT2D eigenvalue weighted by molar-refractivity contribution is 0.404. The third-order valence-electron chi connectivity index (χ3n) is 2.30. The minimum absolute atomic E-state index is 0.586. The molecular weight excluding hydrogens is 329 g/mol. The first kappa shape index (κ1) is 12.2. The smallest absolute Gasteiger partial charge is 0.220 e. The van der Waals surface area contributed by atoms with Gasteiger partial charge in [0.05, 0.1) is 7.11 Å². The van der Waals surface area contributed by atoms with Crippen LogP contribution in [0.3, 0.4) is 0 Å². The van der Waals surface area contributed by atoms with Crippen molar-refractivity contribution in [2.24, 2.45) is 0 Å². The molecule has 17 heavy (non-hydrogen) atoms. The van der Waals surface area contributed by atoms with Crippen LogP contribution in [0, 0.1) is 10.5 Å². The molecule has 0 bridgehead atoms. The molecule has 0 spiro atoms. The number of methoxy groups -OCH3 is 1. The van der Waals surface area contributed by atoms with E-state index in [1.165, 1.54) is 0 Å². The van der Waals surface area contributed by atoms with Crippen molar-refractivity contribution in [1.82, 2.24) is 4.98 Å². The largest absolute Gasteiger partial charge is 0.496 e. The first-order chi connectivity index (χ1) is 8.19. The Hall–Kier alpha value is -1.30. The van der Waals surface area contributed by atoms with E-state index in [1.54, 1.807) is 13.3 Å². The number of benzene rings is 1. The van der Waals surface area contributed by atoms with Crippen LogP contribution < -0.4 is 9.47 Å². The Kier molecular flexibility index (Phi) is 3.83. The molecule has 0 atom stereocenters. The lowest BCUT2D eigenvalue weighted by Gasteiger charge is -2.08.